The van der Waals surface area contributed by atoms with Gasteiger partial charge in [-0.2, -0.15) is 0 Å². The molecule has 0 unspecified atom stereocenters. The van der Waals surface area contributed by atoms with Gasteiger partial charge in [-0.3, -0.25) is 4.79 Å². The van der Waals surface area contributed by atoms with Crippen LogP contribution in [0.4, 0.5) is 5.95 Å². The third kappa shape index (κ3) is 5.67. The van der Waals surface area contributed by atoms with Gasteiger partial charge in [-0.15, -0.1) is 0 Å². The Morgan fingerprint density at radius 3 is 2.74 bits per heavy atom. The molecule has 0 aliphatic heterocycles. The highest BCUT2D eigenvalue weighted by atomic mass is 16.5. The number of amides is 1. The zero-order chi connectivity index (χ0) is 16.5. The number of aryl methyl sites for hydroxylation is 1. The van der Waals surface area contributed by atoms with Crippen LogP contribution in [0.1, 0.15) is 27.9 Å². The number of carbonyl (C=O) groups is 1. The normalized spacial score (nSPS) is 10.3. The van der Waals surface area contributed by atoms with E-state index in [1.165, 1.54) is 18.0 Å². The molecular weight excluding hydrogens is 292 g/mol. The lowest BCUT2D eigenvalue weighted by Crippen LogP contribution is -2.23. The molecule has 1 aromatic heterocycles. The number of nitrogens with zero attached hydrogens (tertiary/aromatic N) is 2. The van der Waals surface area contributed by atoms with E-state index in [4.69, 9.17) is 4.74 Å². The molecule has 0 aliphatic rings. The first kappa shape index (κ1) is 16.9. The quantitative estimate of drug-likeness (QED) is 0.730. The highest BCUT2D eigenvalue weighted by Crippen LogP contribution is 2.05. The number of hydrogen-bond acceptors (Lipinski definition) is 5. The third-order valence-electron chi connectivity index (χ3n) is 3.26. The van der Waals surface area contributed by atoms with Gasteiger partial charge in [0.25, 0.3) is 5.91 Å². The summed E-state index contributed by atoms with van der Waals surface area (Å²) in [5.74, 6) is 0.328. The first-order valence-corrected chi connectivity index (χ1v) is 7.57. The van der Waals surface area contributed by atoms with Crippen molar-refractivity contribution in [1.29, 1.82) is 0 Å². The van der Waals surface area contributed by atoms with Crippen LogP contribution in [0.25, 0.3) is 0 Å². The minimum Gasteiger partial charge on any atom is -0.385 e. The van der Waals surface area contributed by atoms with Crippen LogP contribution < -0.4 is 10.6 Å². The largest absolute Gasteiger partial charge is 0.385 e. The molecule has 0 saturated heterocycles. The zero-order valence-corrected chi connectivity index (χ0v) is 13.5. The van der Waals surface area contributed by atoms with Gasteiger partial charge < -0.3 is 15.4 Å². The molecule has 2 N–H and O–H groups in total. The fourth-order valence-corrected chi connectivity index (χ4v) is 2.06. The molecule has 122 valence electrons. The van der Waals surface area contributed by atoms with Crippen LogP contribution in [0.2, 0.25) is 0 Å². The van der Waals surface area contributed by atoms with E-state index in [1.54, 1.807) is 7.11 Å². The van der Waals surface area contributed by atoms with Crippen molar-refractivity contribution in [3.05, 3.63) is 53.3 Å². The van der Waals surface area contributed by atoms with Gasteiger partial charge in [-0.05, 0) is 18.9 Å². The second kappa shape index (κ2) is 8.85. The highest BCUT2D eigenvalue weighted by molar-refractivity contribution is 5.93. The van der Waals surface area contributed by atoms with E-state index < -0.39 is 0 Å². The van der Waals surface area contributed by atoms with Crippen molar-refractivity contribution < 1.29 is 9.53 Å². The number of anilines is 1. The SMILES string of the molecule is COCCCNc1ncc(C(=O)NCc2cccc(C)c2)cn1. The molecule has 1 amide bonds. The number of methoxy groups -OCH3 is 1. The maximum absolute atomic E-state index is 12.1. The maximum atomic E-state index is 12.1. The summed E-state index contributed by atoms with van der Waals surface area (Å²) in [6, 6.07) is 8.03. The van der Waals surface area contributed by atoms with Crippen LogP contribution in [0.5, 0.6) is 0 Å². The first-order valence-electron chi connectivity index (χ1n) is 7.57. The lowest BCUT2D eigenvalue weighted by atomic mass is 10.1. The van der Waals surface area contributed by atoms with E-state index in [9.17, 15) is 4.79 Å². The van der Waals surface area contributed by atoms with Crippen LogP contribution >= 0.6 is 0 Å². The lowest BCUT2D eigenvalue weighted by molar-refractivity contribution is 0.0950. The predicted molar refractivity (Wildman–Crippen MR) is 89.4 cm³/mol. The van der Waals surface area contributed by atoms with Crippen molar-refractivity contribution in [3.8, 4) is 0 Å². The summed E-state index contributed by atoms with van der Waals surface area (Å²) in [5, 5.41) is 5.94. The van der Waals surface area contributed by atoms with Crippen LogP contribution in [-0.2, 0) is 11.3 Å². The molecule has 0 atom stereocenters. The van der Waals surface area contributed by atoms with E-state index in [0.29, 0.717) is 24.7 Å². The molecule has 1 aromatic carbocycles. The molecule has 2 rings (SSSR count). The Kier molecular flexibility index (Phi) is 6.50. The molecule has 0 radical (unpaired) electrons. The number of hydrogen-bond donors (Lipinski definition) is 2. The van der Waals surface area contributed by atoms with Gasteiger partial charge in [0.1, 0.15) is 0 Å². The van der Waals surface area contributed by atoms with Gasteiger partial charge in [0, 0.05) is 39.2 Å². The second-order valence-corrected chi connectivity index (χ2v) is 5.24. The molecule has 1 heterocycles. The second-order valence-electron chi connectivity index (χ2n) is 5.24. The summed E-state index contributed by atoms with van der Waals surface area (Å²) in [6.45, 7) is 3.92. The number of nitrogens with one attached hydrogen (secondary N) is 2. The van der Waals surface area contributed by atoms with Crippen molar-refractivity contribution in [3.63, 3.8) is 0 Å². The number of carbonyl (C=O) groups excluding carboxylic acids is 1. The zero-order valence-electron chi connectivity index (χ0n) is 13.5. The van der Waals surface area contributed by atoms with E-state index in [-0.39, 0.29) is 5.91 Å². The van der Waals surface area contributed by atoms with Crippen LogP contribution in [0, 0.1) is 6.92 Å². The molecule has 6 heteroatoms. The summed E-state index contributed by atoms with van der Waals surface area (Å²) in [4.78, 5) is 20.4. The first-order chi connectivity index (χ1) is 11.2. The Morgan fingerprint density at radius 1 is 1.26 bits per heavy atom. The van der Waals surface area contributed by atoms with E-state index >= 15 is 0 Å². The van der Waals surface area contributed by atoms with Gasteiger partial charge in [0.2, 0.25) is 5.95 Å². The van der Waals surface area contributed by atoms with Crippen LogP contribution in [-0.4, -0.2) is 36.1 Å². The van der Waals surface area contributed by atoms with Gasteiger partial charge >= 0.3 is 0 Å². The van der Waals surface area contributed by atoms with Gasteiger partial charge in [0.15, 0.2) is 0 Å². The van der Waals surface area contributed by atoms with E-state index in [1.807, 2.05) is 31.2 Å². The Hall–Kier alpha value is -2.47. The van der Waals surface area contributed by atoms with E-state index in [2.05, 4.69) is 20.6 Å². The van der Waals surface area contributed by atoms with Crippen molar-refractivity contribution >= 4 is 11.9 Å². The minimum atomic E-state index is -0.183. The summed E-state index contributed by atoms with van der Waals surface area (Å²) in [5.41, 5.74) is 2.68. The van der Waals surface area contributed by atoms with Crippen molar-refractivity contribution in [2.75, 3.05) is 25.6 Å². The number of benzene rings is 1. The number of rotatable bonds is 8. The summed E-state index contributed by atoms with van der Waals surface area (Å²) in [7, 11) is 1.67. The van der Waals surface area contributed by atoms with Crippen molar-refractivity contribution in [1.82, 2.24) is 15.3 Å². The Bertz CT molecular complexity index is 629. The molecule has 23 heavy (non-hydrogen) atoms. The smallest absolute Gasteiger partial charge is 0.254 e. The summed E-state index contributed by atoms with van der Waals surface area (Å²) >= 11 is 0. The average Bonchev–Trinajstić information content (AvgIpc) is 2.57. The van der Waals surface area contributed by atoms with Gasteiger partial charge in [-0.1, -0.05) is 29.8 Å². The fourth-order valence-electron chi connectivity index (χ4n) is 2.06. The van der Waals surface area contributed by atoms with E-state index in [0.717, 1.165) is 18.5 Å². The molecule has 0 aliphatic carbocycles. The summed E-state index contributed by atoms with van der Waals surface area (Å²) < 4.78 is 4.97. The summed E-state index contributed by atoms with van der Waals surface area (Å²) in [6.07, 6.45) is 3.92. The van der Waals surface area contributed by atoms with Crippen molar-refractivity contribution in [2.45, 2.75) is 19.9 Å². The van der Waals surface area contributed by atoms with Crippen LogP contribution in [0.15, 0.2) is 36.7 Å². The molecule has 6 nitrogen and oxygen atoms in total. The Morgan fingerprint density at radius 2 is 2.04 bits per heavy atom. The Labute approximate surface area is 136 Å². The maximum Gasteiger partial charge on any atom is 0.254 e. The molecular formula is C17H22N4O2. The fraction of sp³-hybridized carbons (Fsp3) is 0.353. The average molecular weight is 314 g/mol. The number of ether oxygens (including phenoxy) is 1. The predicted octanol–water partition coefficient (Wildman–Crippen LogP) is 2.16. The Balaban J connectivity index is 1.82. The van der Waals surface area contributed by atoms with Gasteiger partial charge in [0.05, 0.1) is 5.56 Å². The molecule has 0 fully saturated rings. The molecule has 0 bridgehead atoms. The standard InChI is InChI=1S/C17H22N4O2/c1-13-5-3-6-14(9-13)10-19-16(22)15-11-20-17(21-12-15)18-7-4-8-23-2/h3,5-6,9,11-12H,4,7-8,10H2,1-2H3,(H,19,22)(H,18,20,21). The highest BCUT2D eigenvalue weighted by Gasteiger charge is 2.07. The third-order valence-corrected chi connectivity index (χ3v) is 3.26. The topological polar surface area (TPSA) is 76.1 Å². The molecule has 0 spiro atoms. The van der Waals surface area contributed by atoms with Gasteiger partial charge in [-0.25, -0.2) is 9.97 Å². The molecule has 2 aromatic rings. The van der Waals surface area contributed by atoms with Crippen molar-refractivity contribution in [2.24, 2.45) is 0 Å². The number of aromatic nitrogens is 2. The molecule has 0 saturated carbocycles. The minimum absolute atomic E-state index is 0.183. The lowest BCUT2D eigenvalue weighted by Gasteiger charge is -2.07. The van der Waals surface area contributed by atoms with Crippen LogP contribution in [0.3, 0.4) is 0 Å². The monoisotopic (exact) mass is 314 g/mol.